The van der Waals surface area contributed by atoms with Gasteiger partial charge in [-0.2, -0.15) is 0 Å². The van der Waals surface area contributed by atoms with Gasteiger partial charge < -0.3 is 28.8 Å². The monoisotopic (exact) mass is 510 g/mol. The van der Waals surface area contributed by atoms with E-state index in [4.69, 9.17) is 18.6 Å². The number of aliphatic hydroxyl groups is 2. The third-order valence-corrected chi connectivity index (χ3v) is 6.71. The minimum Gasteiger partial charge on any atom is -0.496 e. The average Bonchev–Trinajstić information content (AvgIpc) is 3.37. The lowest BCUT2D eigenvalue weighted by Crippen LogP contribution is -2.47. The van der Waals surface area contributed by atoms with Crippen LogP contribution in [0.25, 0.3) is 5.57 Å². The highest BCUT2D eigenvalue weighted by Gasteiger charge is 2.47. The molecule has 0 bridgehead atoms. The fourth-order valence-corrected chi connectivity index (χ4v) is 4.87. The largest absolute Gasteiger partial charge is 0.496 e. The number of ether oxygens (including phenoxy) is 3. The molecule has 2 atom stereocenters. The van der Waals surface area contributed by atoms with Gasteiger partial charge in [0.15, 0.2) is 0 Å². The lowest BCUT2D eigenvalue weighted by molar-refractivity contribution is -0.0159. The quantitative estimate of drug-likeness (QED) is 0.328. The van der Waals surface area contributed by atoms with E-state index in [0.717, 1.165) is 5.56 Å². The standard InChI is InChI=1S/C29H31FO7/c1-17-8-9-18(30)13-23(17)36-15-21-25(26(31)28(2,3)16-29(21,4)33)20-11-10-19(14-24(20)34-5)37-27(32)22-7-6-12-35-22/h6-14,26,31,33H,15-16H2,1-5H3. The summed E-state index contributed by atoms with van der Waals surface area (Å²) >= 11 is 0. The molecule has 0 radical (unpaired) electrons. The number of carbonyl (C=O) groups excluding carboxylic acids is 1. The second kappa shape index (κ2) is 10.0. The summed E-state index contributed by atoms with van der Waals surface area (Å²) in [5.41, 5.74) is 0.106. The normalized spacial score (nSPS) is 21.0. The van der Waals surface area contributed by atoms with Crippen molar-refractivity contribution in [2.45, 2.75) is 45.8 Å². The summed E-state index contributed by atoms with van der Waals surface area (Å²) in [5, 5.41) is 23.0. The van der Waals surface area contributed by atoms with E-state index in [9.17, 15) is 19.4 Å². The Balaban J connectivity index is 1.77. The first-order valence-corrected chi connectivity index (χ1v) is 11.9. The maximum Gasteiger partial charge on any atom is 0.379 e. The Morgan fingerprint density at radius 2 is 1.89 bits per heavy atom. The first-order chi connectivity index (χ1) is 17.4. The van der Waals surface area contributed by atoms with Crippen LogP contribution in [0.2, 0.25) is 0 Å². The Hall–Kier alpha value is -3.62. The van der Waals surface area contributed by atoms with Crippen molar-refractivity contribution in [3.63, 3.8) is 0 Å². The van der Waals surface area contributed by atoms with Crippen LogP contribution in [0.15, 0.2) is 64.8 Å². The van der Waals surface area contributed by atoms with E-state index in [1.165, 1.54) is 37.6 Å². The molecule has 0 saturated heterocycles. The van der Waals surface area contributed by atoms with Gasteiger partial charge in [0, 0.05) is 23.3 Å². The molecule has 37 heavy (non-hydrogen) atoms. The van der Waals surface area contributed by atoms with Gasteiger partial charge in [-0.3, -0.25) is 0 Å². The van der Waals surface area contributed by atoms with Gasteiger partial charge in [0.25, 0.3) is 0 Å². The first kappa shape index (κ1) is 26.4. The number of methoxy groups -OCH3 is 1. The van der Waals surface area contributed by atoms with E-state index in [2.05, 4.69) is 0 Å². The summed E-state index contributed by atoms with van der Waals surface area (Å²) in [5.74, 6) is -0.167. The SMILES string of the molecule is COc1cc(OC(=O)c2ccco2)ccc1C1=C(COc2cc(F)ccc2C)C(C)(O)CC(C)(C)C1O. The zero-order valence-corrected chi connectivity index (χ0v) is 21.5. The van der Waals surface area contributed by atoms with Crippen LogP contribution in [0.5, 0.6) is 17.2 Å². The third-order valence-electron chi connectivity index (χ3n) is 6.71. The molecule has 0 aliphatic heterocycles. The van der Waals surface area contributed by atoms with Gasteiger partial charge in [0.05, 0.1) is 25.1 Å². The molecule has 7 nitrogen and oxygen atoms in total. The second-order valence-electron chi connectivity index (χ2n) is 10.2. The van der Waals surface area contributed by atoms with Crippen molar-refractivity contribution in [3.05, 3.63) is 83.1 Å². The average molecular weight is 511 g/mol. The van der Waals surface area contributed by atoms with E-state index in [-0.39, 0.29) is 24.5 Å². The number of carbonyl (C=O) groups is 1. The minimum atomic E-state index is -1.34. The van der Waals surface area contributed by atoms with Crippen molar-refractivity contribution >= 4 is 11.5 Å². The topological polar surface area (TPSA) is 98.4 Å². The molecule has 0 saturated carbocycles. The van der Waals surface area contributed by atoms with Crippen molar-refractivity contribution in [3.8, 4) is 17.2 Å². The molecule has 0 fully saturated rings. The van der Waals surface area contributed by atoms with Crippen molar-refractivity contribution in [1.82, 2.24) is 0 Å². The highest BCUT2D eigenvalue weighted by atomic mass is 19.1. The molecule has 4 rings (SSSR count). The van der Waals surface area contributed by atoms with E-state index in [0.29, 0.717) is 28.2 Å². The van der Waals surface area contributed by atoms with Gasteiger partial charge in [0.2, 0.25) is 5.76 Å². The summed E-state index contributed by atoms with van der Waals surface area (Å²) in [4.78, 5) is 12.3. The molecule has 0 spiro atoms. The third kappa shape index (κ3) is 5.40. The smallest absolute Gasteiger partial charge is 0.379 e. The highest BCUT2D eigenvalue weighted by Crippen LogP contribution is 2.50. The minimum absolute atomic E-state index is 0.0540. The molecule has 1 aliphatic carbocycles. The number of benzene rings is 2. The number of aryl methyl sites for hydroxylation is 1. The molecule has 8 heteroatoms. The van der Waals surface area contributed by atoms with Gasteiger partial charge >= 0.3 is 5.97 Å². The molecule has 0 amide bonds. The van der Waals surface area contributed by atoms with Crippen LogP contribution >= 0.6 is 0 Å². The van der Waals surface area contributed by atoms with Gasteiger partial charge in [0.1, 0.15) is 29.7 Å². The molecular formula is C29H31FO7. The summed E-state index contributed by atoms with van der Waals surface area (Å²) in [6.07, 6.45) is 0.664. The highest BCUT2D eigenvalue weighted by molar-refractivity contribution is 5.88. The summed E-state index contributed by atoms with van der Waals surface area (Å²) in [6.45, 7) is 7.12. The maximum atomic E-state index is 13.8. The second-order valence-corrected chi connectivity index (χ2v) is 10.2. The Morgan fingerprint density at radius 1 is 1.14 bits per heavy atom. The van der Waals surface area contributed by atoms with Gasteiger partial charge in [-0.25, -0.2) is 9.18 Å². The fraction of sp³-hybridized carbons (Fsp3) is 0.345. The van der Waals surface area contributed by atoms with Gasteiger partial charge in [-0.15, -0.1) is 0 Å². The number of hydrogen-bond donors (Lipinski definition) is 2. The van der Waals surface area contributed by atoms with E-state index >= 15 is 0 Å². The molecular weight excluding hydrogens is 479 g/mol. The van der Waals surface area contributed by atoms with E-state index in [1.807, 2.05) is 13.8 Å². The van der Waals surface area contributed by atoms with Gasteiger partial charge in [-0.05, 0) is 67.2 Å². The summed E-state index contributed by atoms with van der Waals surface area (Å²) in [6, 6.07) is 12.1. The lowest BCUT2D eigenvalue weighted by atomic mass is 9.64. The molecule has 2 unspecified atom stereocenters. The maximum absolute atomic E-state index is 13.8. The Bertz CT molecular complexity index is 1320. The molecule has 1 heterocycles. The molecule has 2 aromatic carbocycles. The number of esters is 1. The first-order valence-electron chi connectivity index (χ1n) is 11.9. The summed E-state index contributed by atoms with van der Waals surface area (Å²) in [7, 11) is 1.46. The summed E-state index contributed by atoms with van der Waals surface area (Å²) < 4.78 is 35.9. The van der Waals surface area contributed by atoms with Crippen molar-refractivity contribution in [2.24, 2.45) is 5.41 Å². The lowest BCUT2D eigenvalue weighted by Gasteiger charge is -2.46. The van der Waals surface area contributed by atoms with Crippen LogP contribution < -0.4 is 14.2 Å². The molecule has 1 aliphatic rings. The number of rotatable bonds is 7. The van der Waals surface area contributed by atoms with Crippen LogP contribution in [0.4, 0.5) is 4.39 Å². The number of hydrogen-bond acceptors (Lipinski definition) is 7. The van der Waals surface area contributed by atoms with Gasteiger partial charge in [-0.1, -0.05) is 19.9 Å². The number of halogens is 1. The van der Waals surface area contributed by atoms with Crippen molar-refractivity contribution < 1.29 is 38.0 Å². The molecule has 1 aromatic heterocycles. The predicted molar refractivity (Wildman–Crippen MR) is 135 cm³/mol. The van der Waals surface area contributed by atoms with Crippen LogP contribution in [-0.2, 0) is 0 Å². The van der Waals surface area contributed by atoms with Crippen LogP contribution in [0, 0.1) is 18.2 Å². The van der Waals surface area contributed by atoms with Crippen molar-refractivity contribution in [1.29, 1.82) is 0 Å². The number of aliphatic hydroxyl groups excluding tert-OH is 1. The molecule has 2 N–H and O–H groups in total. The fourth-order valence-electron chi connectivity index (χ4n) is 4.87. The van der Waals surface area contributed by atoms with Crippen LogP contribution in [-0.4, -0.2) is 41.6 Å². The van der Waals surface area contributed by atoms with E-state index < -0.39 is 28.9 Å². The predicted octanol–water partition coefficient (Wildman–Crippen LogP) is 5.33. The molecule has 196 valence electrons. The van der Waals surface area contributed by atoms with E-state index in [1.54, 1.807) is 38.1 Å². The van der Waals surface area contributed by atoms with Crippen LogP contribution in [0.1, 0.15) is 48.9 Å². The number of furan rings is 1. The van der Waals surface area contributed by atoms with Crippen molar-refractivity contribution in [2.75, 3.05) is 13.7 Å². The van der Waals surface area contributed by atoms with Crippen LogP contribution in [0.3, 0.4) is 0 Å². The Kier molecular flexibility index (Phi) is 7.17. The zero-order valence-electron chi connectivity index (χ0n) is 21.5. The Morgan fingerprint density at radius 3 is 2.57 bits per heavy atom. The molecule has 3 aromatic rings. The zero-order chi connectivity index (χ0) is 27.0. The Labute approximate surface area is 215 Å².